The maximum absolute atomic E-state index is 12.8. The summed E-state index contributed by atoms with van der Waals surface area (Å²) < 4.78 is 17.9. The summed E-state index contributed by atoms with van der Waals surface area (Å²) in [4.78, 5) is 5.82. The third-order valence-electron chi connectivity index (χ3n) is 2.06. The first kappa shape index (κ1) is 10.4. The summed E-state index contributed by atoms with van der Waals surface area (Å²) in [7, 11) is 3.59. The second-order valence-corrected chi connectivity index (χ2v) is 3.53. The molecule has 1 aromatic heterocycles. The van der Waals surface area contributed by atoms with E-state index in [-0.39, 0.29) is 11.6 Å². The zero-order valence-corrected chi connectivity index (χ0v) is 8.94. The van der Waals surface area contributed by atoms with Crippen LogP contribution in [0, 0.1) is 5.82 Å². The number of rotatable bonds is 2. The second kappa shape index (κ2) is 3.80. The van der Waals surface area contributed by atoms with Gasteiger partial charge >= 0.3 is 0 Å². The maximum atomic E-state index is 12.8. The molecule has 0 fully saturated rings. The van der Waals surface area contributed by atoms with E-state index in [9.17, 15) is 4.39 Å². The Morgan fingerprint density at radius 1 is 1.38 bits per heavy atom. The van der Waals surface area contributed by atoms with Gasteiger partial charge in [-0.05, 0) is 23.4 Å². The number of nitrogens with two attached hydrogens (primary N) is 1. The Labute approximate surface area is 91.7 Å². The Bertz CT molecular complexity index is 509. The van der Waals surface area contributed by atoms with Crippen molar-refractivity contribution in [3.8, 4) is 11.5 Å². The lowest BCUT2D eigenvalue weighted by Gasteiger charge is -2.02. The molecule has 0 saturated carbocycles. The lowest BCUT2D eigenvalue weighted by atomic mass is 10.2. The third kappa shape index (κ3) is 1.81. The van der Waals surface area contributed by atoms with Crippen molar-refractivity contribution >= 4 is 11.6 Å². The number of nitrogen functional groups attached to an aromatic ring is 1. The largest absolute Gasteiger partial charge is 0.398 e. The van der Waals surface area contributed by atoms with E-state index < -0.39 is 5.82 Å². The van der Waals surface area contributed by atoms with Gasteiger partial charge in [-0.2, -0.15) is 4.98 Å². The number of halogens is 1. The second-order valence-electron chi connectivity index (χ2n) is 3.53. The van der Waals surface area contributed by atoms with Crippen LogP contribution < -0.4 is 10.6 Å². The highest BCUT2D eigenvalue weighted by molar-refractivity contribution is 5.70. The molecular weight excluding hydrogens is 211 g/mol. The molecule has 16 heavy (non-hydrogen) atoms. The van der Waals surface area contributed by atoms with Crippen molar-refractivity contribution in [2.75, 3.05) is 24.7 Å². The lowest BCUT2D eigenvalue weighted by Crippen LogP contribution is -2.10. The van der Waals surface area contributed by atoms with Gasteiger partial charge in [0.15, 0.2) is 0 Å². The predicted molar refractivity (Wildman–Crippen MR) is 58.4 cm³/mol. The van der Waals surface area contributed by atoms with Crippen molar-refractivity contribution in [2.45, 2.75) is 0 Å². The van der Waals surface area contributed by atoms with Gasteiger partial charge in [0.2, 0.25) is 0 Å². The number of hydrogen-bond donors (Lipinski definition) is 1. The average molecular weight is 222 g/mol. The Morgan fingerprint density at radius 2 is 2.12 bits per heavy atom. The van der Waals surface area contributed by atoms with Crippen LogP contribution >= 0.6 is 0 Å². The van der Waals surface area contributed by atoms with Crippen LogP contribution in [0.5, 0.6) is 0 Å². The topological polar surface area (TPSA) is 68.2 Å². The zero-order chi connectivity index (χ0) is 11.7. The van der Waals surface area contributed by atoms with E-state index in [0.29, 0.717) is 11.5 Å². The molecule has 0 unspecified atom stereocenters. The molecule has 0 aliphatic heterocycles. The average Bonchev–Trinajstić information content (AvgIpc) is 2.66. The maximum Gasteiger partial charge on any atom is 0.265 e. The Hall–Kier alpha value is -2.11. The summed E-state index contributed by atoms with van der Waals surface area (Å²) >= 11 is 0. The highest BCUT2D eigenvalue weighted by Crippen LogP contribution is 2.25. The van der Waals surface area contributed by atoms with Crippen molar-refractivity contribution in [3.63, 3.8) is 0 Å². The van der Waals surface area contributed by atoms with Gasteiger partial charge in [-0.3, -0.25) is 0 Å². The standard InChI is InChI=1S/C10H11FN4O/c1-15(2)10-13-9(16-14-10)7-4-3-6(11)5-8(7)12/h3-5H,12H2,1-2H3. The van der Waals surface area contributed by atoms with Crippen LogP contribution in [0.1, 0.15) is 0 Å². The molecule has 1 heterocycles. The molecule has 6 heteroatoms. The SMILES string of the molecule is CN(C)c1noc(-c2ccc(F)cc2N)n1. The van der Waals surface area contributed by atoms with Crippen LogP contribution in [-0.2, 0) is 0 Å². The van der Waals surface area contributed by atoms with E-state index in [1.54, 1.807) is 19.0 Å². The fourth-order valence-corrected chi connectivity index (χ4v) is 1.24. The van der Waals surface area contributed by atoms with Gasteiger partial charge in [-0.1, -0.05) is 0 Å². The van der Waals surface area contributed by atoms with Crippen LogP contribution in [0.2, 0.25) is 0 Å². The Balaban J connectivity index is 2.42. The third-order valence-corrected chi connectivity index (χ3v) is 2.06. The monoisotopic (exact) mass is 222 g/mol. The number of hydrogen-bond acceptors (Lipinski definition) is 5. The molecule has 2 rings (SSSR count). The summed E-state index contributed by atoms with van der Waals surface area (Å²) in [6, 6.07) is 4.03. The number of anilines is 2. The number of nitrogens with zero attached hydrogens (tertiary/aromatic N) is 3. The van der Waals surface area contributed by atoms with Gasteiger partial charge in [0, 0.05) is 19.8 Å². The van der Waals surface area contributed by atoms with Gasteiger partial charge in [0.1, 0.15) is 5.82 Å². The van der Waals surface area contributed by atoms with Gasteiger partial charge in [-0.15, -0.1) is 0 Å². The number of benzene rings is 1. The normalized spacial score (nSPS) is 10.4. The first-order valence-corrected chi connectivity index (χ1v) is 4.64. The molecule has 0 bridgehead atoms. The molecule has 0 spiro atoms. The van der Waals surface area contributed by atoms with E-state index in [0.717, 1.165) is 0 Å². The Kier molecular flexibility index (Phi) is 2.47. The summed E-state index contributed by atoms with van der Waals surface area (Å²) in [5, 5.41) is 3.75. The smallest absolute Gasteiger partial charge is 0.265 e. The molecule has 0 aliphatic rings. The highest BCUT2D eigenvalue weighted by atomic mass is 19.1. The van der Waals surface area contributed by atoms with Gasteiger partial charge < -0.3 is 15.2 Å². The minimum Gasteiger partial charge on any atom is -0.398 e. The minimum absolute atomic E-state index is 0.272. The van der Waals surface area contributed by atoms with E-state index >= 15 is 0 Å². The fourth-order valence-electron chi connectivity index (χ4n) is 1.24. The first-order valence-electron chi connectivity index (χ1n) is 4.64. The molecule has 2 aromatic rings. The van der Waals surface area contributed by atoms with E-state index in [1.807, 2.05) is 0 Å². The summed E-state index contributed by atoms with van der Waals surface area (Å²) in [5.74, 6) is 0.327. The lowest BCUT2D eigenvalue weighted by molar-refractivity contribution is 0.431. The Morgan fingerprint density at radius 3 is 2.69 bits per heavy atom. The summed E-state index contributed by atoms with van der Waals surface area (Å²) in [6.45, 7) is 0. The van der Waals surface area contributed by atoms with Crippen LogP contribution in [0.3, 0.4) is 0 Å². The van der Waals surface area contributed by atoms with Crippen molar-refractivity contribution < 1.29 is 8.91 Å². The first-order chi connectivity index (χ1) is 7.58. The zero-order valence-electron chi connectivity index (χ0n) is 8.94. The molecule has 5 nitrogen and oxygen atoms in total. The summed E-state index contributed by atoms with van der Waals surface area (Å²) in [5.41, 5.74) is 6.46. The summed E-state index contributed by atoms with van der Waals surface area (Å²) in [6.07, 6.45) is 0. The van der Waals surface area contributed by atoms with Gasteiger partial charge in [0.25, 0.3) is 11.8 Å². The highest BCUT2D eigenvalue weighted by Gasteiger charge is 2.12. The van der Waals surface area contributed by atoms with E-state index in [4.69, 9.17) is 10.3 Å². The van der Waals surface area contributed by atoms with Crippen molar-refractivity contribution in [2.24, 2.45) is 0 Å². The van der Waals surface area contributed by atoms with Crippen LogP contribution in [0.4, 0.5) is 16.0 Å². The molecular formula is C10H11FN4O. The van der Waals surface area contributed by atoms with E-state index in [2.05, 4.69) is 10.1 Å². The van der Waals surface area contributed by atoms with Crippen LogP contribution in [0.15, 0.2) is 22.7 Å². The van der Waals surface area contributed by atoms with Crippen molar-refractivity contribution in [1.82, 2.24) is 10.1 Å². The fraction of sp³-hybridized carbons (Fsp3) is 0.200. The molecule has 0 aliphatic carbocycles. The van der Waals surface area contributed by atoms with Crippen molar-refractivity contribution in [1.29, 1.82) is 0 Å². The van der Waals surface area contributed by atoms with Gasteiger partial charge in [-0.25, -0.2) is 4.39 Å². The molecule has 0 radical (unpaired) electrons. The van der Waals surface area contributed by atoms with Crippen LogP contribution in [0.25, 0.3) is 11.5 Å². The molecule has 2 N–H and O–H groups in total. The predicted octanol–water partition coefficient (Wildman–Crippen LogP) is 1.52. The minimum atomic E-state index is -0.395. The molecule has 0 atom stereocenters. The van der Waals surface area contributed by atoms with Crippen molar-refractivity contribution in [3.05, 3.63) is 24.0 Å². The molecule has 84 valence electrons. The van der Waals surface area contributed by atoms with Crippen LogP contribution in [-0.4, -0.2) is 24.2 Å². The molecule has 0 saturated heterocycles. The molecule has 1 aromatic carbocycles. The van der Waals surface area contributed by atoms with E-state index in [1.165, 1.54) is 18.2 Å². The van der Waals surface area contributed by atoms with Gasteiger partial charge in [0.05, 0.1) is 5.56 Å². The number of aromatic nitrogens is 2. The quantitative estimate of drug-likeness (QED) is 0.780. The molecule has 0 amide bonds.